The van der Waals surface area contributed by atoms with Crippen LogP contribution < -0.4 is 5.73 Å². The van der Waals surface area contributed by atoms with E-state index in [0.29, 0.717) is 13.0 Å². The normalized spacial score (nSPS) is 14.1. The highest BCUT2D eigenvalue weighted by atomic mass is 31.2. The Morgan fingerprint density at radius 1 is 0.534 bits per heavy atom. The van der Waals surface area contributed by atoms with Gasteiger partial charge in [-0.15, -0.1) is 0 Å². The summed E-state index contributed by atoms with van der Waals surface area (Å²) in [6, 6.07) is 0. The van der Waals surface area contributed by atoms with Gasteiger partial charge in [0.1, 0.15) is 6.10 Å². The van der Waals surface area contributed by atoms with Crippen molar-refractivity contribution in [1.82, 2.24) is 0 Å². The Balaban J connectivity index is 4.06. The smallest absolute Gasteiger partial charge is 0.457 e. The third kappa shape index (κ3) is 45.0. The van der Waals surface area contributed by atoms with Gasteiger partial charge in [-0.2, -0.15) is 0 Å². The lowest BCUT2D eigenvalue weighted by atomic mass is 10.1. The first-order valence-electron chi connectivity index (χ1n) is 23.4. The van der Waals surface area contributed by atoms with Crippen LogP contribution in [-0.4, -0.2) is 49.9 Å². The summed E-state index contributed by atoms with van der Waals surface area (Å²) in [5, 5.41) is 0. The Labute approximate surface area is 356 Å². The Morgan fingerprint density at radius 3 is 1.47 bits per heavy atom. The number of rotatable bonds is 44. The first-order valence-corrected chi connectivity index (χ1v) is 24.9. The summed E-state index contributed by atoms with van der Waals surface area (Å²) in [5.41, 5.74) is 5.38. The van der Waals surface area contributed by atoms with Crippen LogP contribution in [0.4, 0.5) is 0 Å². The average Bonchev–Trinajstić information content (AvgIpc) is 3.21. The SMILES string of the molecule is CC/C=C\C/C=C\C/C=C\C/C=C\C/C=C\CCCCCCOCC(COP(=O)(O)OCCN)OC(=O)CCCCCCCCCCC/C=C\CCCCCCCC. The molecule has 0 aliphatic carbocycles. The maximum atomic E-state index is 12.6. The van der Waals surface area contributed by atoms with Crippen LogP contribution in [0.1, 0.15) is 194 Å². The number of esters is 1. The zero-order chi connectivity index (χ0) is 42.3. The third-order valence-electron chi connectivity index (χ3n) is 9.61. The van der Waals surface area contributed by atoms with Gasteiger partial charge in [0.05, 0.1) is 19.8 Å². The van der Waals surface area contributed by atoms with Gasteiger partial charge in [0, 0.05) is 19.6 Å². The number of unbranched alkanes of at least 4 members (excludes halogenated alkanes) is 19. The molecule has 0 rings (SSSR count). The lowest BCUT2D eigenvalue weighted by molar-refractivity contribution is -0.154. The lowest BCUT2D eigenvalue weighted by Gasteiger charge is -2.20. The van der Waals surface area contributed by atoms with Gasteiger partial charge in [-0.05, 0) is 83.5 Å². The van der Waals surface area contributed by atoms with E-state index < -0.39 is 13.9 Å². The van der Waals surface area contributed by atoms with E-state index in [4.69, 9.17) is 24.3 Å². The van der Waals surface area contributed by atoms with Crippen molar-refractivity contribution >= 4 is 13.8 Å². The second-order valence-electron chi connectivity index (χ2n) is 15.2. The zero-order valence-electron chi connectivity index (χ0n) is 37.3. The van der Waals surface area contributed by atoms with E-state index in [1.165, 1.54) is 89.9 Å². The lowest BCUT2D eigenvalue weighted by Crippen LogP contribution is -2.28. The summed E-state index contributed by atoms with van der Waals surface area (Å²) in [6.07, 6.45) is 57.8. The number of phosphoric acid groups is 1. The first kappa shape index (κ1) is 55.9. The van der Waals surface area contributed by atoms with Crippen molar-refractivity contribution in [2.45, 2.75) is 200 Å². The third-order valence-corrected chi connectivity index (χ3v) is 10.6. The fourth-order valence-corrected chi connectivity index (χ4v) is 6.96. The summed E-state index contributed by atoms with van der Waals surface area (Å²) in [7, 11) is -4.29. The molecule has 0 aromatic heterocycles. The molecule has 0 heterocycles. The molecule has 0 aromatic carbocycles. The summed E-state index contributed by atoms with van der Waals surface area (Å²) in [4.78, 5) is 22.5. The molecule has 0 aliphatic heterocycles. The quantitative estimate of drug-likeness (QED) is 0.0270. The van der Waals surface area contributed by atoms with Gasteiger partial charge in [0.15, 0.2) is 0 Å². The zero-order valence-corrected chi connectivity index (χ0v) is 38.2. The summed E-state index contributed by atoms with van der Waals surface area (Å²) >= 11 is 0. The number of carbonyl (C=O) groups is 1. The van der Waals surface area contributed by atoms with E-state index in [1.54, 1.807) is 0 Å². The molecular weight excluding hydrogens is 746 g/mol. The fraction of sp³-hybridized carbons (Fsp3) is 0.735. The topological polar surface area (TPSA) is 117 Å². The number of hydrogen-bond acceptors (Lipinski definition) is 7. The van der Waals surface area contributed by atoms with Crippen molar-refractivity contribution in [2.75, 3.05) is 33.0 Å². The van der Waals surface area contributed by atoms with Crippen molar-refractivity contribution in [3.05, 3.63) is 72.9 Å². The van der Waals surface area contributed by atoms with Crippen molar-refractivity contribution in [2.24, 2.45) is 5.73 Å². The highest BCUT2D eigenvalue weighted by Gasteiger charge is 2.25. The molecule has 0 aromatic rings. The van der Waals surface area contributed by atoms with Crippen LogP contribution in [0.3, 0.4) is 0 Å². The van der Waals surface area contributed by atoms with Crippen LogP contribution >= 0.6 is 7.82 Å². The molecule has 336 valence electrons. The molecular formula is C49H88NO7P. The predicted molar refractivity (Wildman–Crippen MR) is 247 cm³/mol. The first-order chi connectivity index (χ1) is 28.4. The van der Waals surface area contributed by atoms with E-state index >= 15 is 0 Å². The van der Waals surface area contributed by atoms with E-state index in [1.807, 2.05) is 0 Å². The van der Waals surface area contributed by atoms with Crippen molar-refractivity contribution in [1.29, 1.82) is 0 Å². The summed E-state index contributed by atoms with van der Waals surface area (Å²) in [5.74, 6) is -0.344. The predicted octanol–water partition coefficient (Wildman–Crippen LogP) is 14.3. The standard InChI is InChI=1S/C49H88NO7P/c1-3-5-7-9-11-13-15-17-19-21-23-25-27-29-31-33-35-37-39-41-44-54-46-48(47-56-58(52,53)55-45-43-50)57-49(51)42-40-38-36-34-32-30-28-26-24-22-20-18-16-14-12-10-8-6-4-2/h5,7,11,13,17-20,23,25,29,31,48H,3-4,6,8-10,12,14-16,21-22,24,26-28,30,32-47,50H2,1-2H3,(H,52,53)/b7-5-,13-11-,19-17-,20-18-,25-23-,31-29-. The minimum atomic E-state index is -4.29. The van der Waals surface area contributed by atoms with Gasteiger partial charge in [-0.1, -0.05) is 177 Å². The molecule has 0 saturated carbocycles. The molecule has 0 fully saturated rings. The number of hydrogen-bond donors (Lipinski definition) is 2. The number of nitrogens with two attached hydrogens (primary N) is 1. The molecule has 3 N–H and O–H groups in total. The van der Waals surface area contributed by atoms with Crippen LogP contribution in [0.2, 0.25) is 0 Å². The summed E-state index contributed by atoms with van der Waals surface area (Å²) in [6.45, 7) is 4.74. The molecule has 0 bridgehead atoms. The van der Waals surface area contributed by atoms with Crippen molar-refractivity contribution in [3.63, 3.8) is 0 Å². The van der Waals surface area contributed by atoms with Gasteiger partial charge in [0.2, 0.25) is 0 Å². The van der Waals surface area contributed by atoms with Crippen LogP contribution in [0.25, 0.3) is 0 Å². The highest BCUT2D eigenvalue weighted by Crippen LogP contribution is 2.43. The molecule has 0 saturated heterocycles. The molecule has 2 unspecified atom stereocenters. The van der Waals surface area contributed by atoms with Crippen LogP contribution in [0.15, 0.2) is 72.9 Å². The number of phosphoric ester groups is 1. The molecule has 58 heavy (non-hydrogen) atoms. The maximum Gasteiger partial charge on any atom is 0.472 e. The Bertz CT molecular complexity index is 1120. The van der Waals surface area contributed by atoms with Crippen LogP contribution in [0, 0.1) is 0 Å². The Kier molecular flexibility index (Phi) is 44.4. The number of allylic oxidation sites excluding steroid dienone is 12. The molecule has 0 spiro atoms. The second kappa shape index (κ2) is 46.0. The molecule has 8 nitrogen and oxygen atoms in total. The van der Waals surface area contributed by atoms with E-state index in [0.717, 1.165) is 83.5 Å². The monoisotopic (exact) mass is 834 g/mol. The number of ether oxygens (including phenoxy) is 2. The van der Waals surface area contributed by atoms with Gasteiger partial charge < -0.3 is 20.1 Å². The molecule has 0 radical (unpaired) electrons. The van der Waals surface area contributed by atoms with Crippen LogP contribution in [-0.2, 0) is 27.9 Å². The molecule has 0 aliphatic rings. The highest BCUT2D eigenvalue weighted by molar-refractivity contribution is 7.47. The molecule has 0 amide bonds. The van der Waals surface area contributed by atoms with Gasteiger partial charge in [-0.25, -0.2) is 4.57 Å². The van der Waals surface area contributed by atoms with E-state index in [2.05, 4.69) is 86.8 Å². The average molecular weight is 834 g/mol. The maximum absolute atomic E-state index is 12.6. The second-order valence-corrected chi connectivity index (χ2v) is 16.7. The van der Waals surface area contributed by atoms with E-state index in [9.17, 15) is 14.3 Å². The molecule has 2 atom stereocenters. The van der Waals surface area contributed by atoms with Crippen molar-refractivity contribution in [3.8, 4) is 0 Å². The van der Waals surface area contributed by atoms with Gasteiger partial charge >= 0.3 is 13.8 Å². The minimum Gasteiger partial charge on any atom is -0.457 e. The van der Waals surface area contributed by atoms with Crippen LogP contribution in [0.5, 0.6) is 0 Å². The van der Waals surface area contributed by atoms with Crippen molar-refractivity contribution < 1.29 is 32.8 Å². The fourth-order valence-electron chi connectivity index (χ4n) is 6.19. The summed E-state index contributed by atoms with van der Waals surface area (Å²) < 4.78 is 33.5. The number of carbonyl (C=O) groups excluding carboxylic acids is 1. The largest absolute Gasteiger partial charge is 0.472 e. The Morgan fingerprint density at radius 2 is 0.966 bits per heavy atom. The molecule has 9 heteroatoms. The van der Waals surface area contributed by atoms with Gasteiger partial charge in [-0.3, -0.25) is 13.8 Å². The van der Waals surface area contributed by atoms with Gasteiger partial charge in [0.25, 0.3) is 0 Å². The Hall–Kier alpha value is -2.06. The van der Waals surface area contributed by atoms with E-state index in [-0.39, 0.29) is 32.3 Å². The minimum absolute atomic E-state index is 0.0923.